The molecule has 4 nitrogen and oxygen atoms in total. The number of ether oxygens (including phenoxy) is 1. The van der Waals surface area contributed by atoms with Gasteiger partial charge in [0.15, 0.2) is 4.98 Å². The van der Waals surface area contributed by atoms with Crippen LogP contribution in [0.15, 0.2) is 18.2 Å². The Labute approximate surface area is 97.2 Å². The summed E-state index contributed by atoms with van der Waals surface area (Å²) in [4.78, 5) is 3.00. The molecule has 0 aliphatic rings. The van der Waals surface area contributed by atoms with Gasteiger partial charge >= 0.3 is 38.7 Å². The predicted molar refractivity (Wildman–Crippen MR) is 55.7 cm³/mol. The number of anilines is 1. The molecule has 0 saturated carbocycles. The third-order valence-electron chi connectivity index (χ3n) is 1.31. The fourth-order valence-electron chi connectivity index (χ4n) is 0.777. The van der Waals surface area contributed by atoms with E-state index in [1.165, 1.54) is 7.11 Å². The van der Waals surface area contributed by atoms with Gasteiger partial charge in [-0.15, -0.1) is 0 Å². The summed E-state index contributed by atoms with van der Waals surface area (Å²) in [6, 6.07) is 4.81. The second-order valence-electron chi connectivity index (χ2n) is 2.99. The van der Waals surface area contributed by atoms with Crippen LogP contribution in [0.2, 0.25) is 0 Å². The van der Waals surface area contributed by atoms with E-state index in [4.69, 9.17) is 15.9 Å². The number of diazo groups is 1. The molecule has 0 fully saturated rings. The number of methoxy groups -OCH3 is 1. The van der Waals surface area contributed by atoms with Crippen LogP contribution in [0.1, 0.15) is 0 Å². The zero-order valence-electron chi connectivity index (χ0n) is 8.83. The number of nitrogens with zero attached hydrogens (tertiary/aromatic N) is 2. The molecule has 0 radical (unpaired) electrons. The monoisotopic (exact) mass is 295 g/mol. The SMILES string of the molecule is COc1cc(N)ccc1[N+]#N.F[P-](F)(F)(F)(F)F. The molecule has 18 heavy (non-hydrogen) atoms. The number of benzene rings is 1. The molecule has 0 spiro atoms. The molecule has 0 unspecified atom stereocenters. The molecule has 1 rings (SSSR count). The molecule has 0 bridgehead atoms. The third-order valence-corrected chi connectivity index (χ3v) is 1.31. The maximum atomic E-state index is 9.87. The molecule has 0 aliphatic carbocycles. The number of nitrogen functional groups attached to an aromatic ring is 1. The van der Waals surface area contributed by atoms with Gasteiger partial charge in [0.2, 0.25) is 11.1 Å². The average Bonchev–Trinajstić information content (AvgIpc) is 2.12. The average molecular weight is 295 g/mol. The van der Waals surface area contributed by atoms with Crippen molar-refractivity contribution in [1.29, 1.82) is 5.39 Å². The van der Waals surface area contributed by atoms with Crippen LogP contribution < -0.4 is 10.5 Å². The minimum atomic E-state index is -10.7. The Balaban J connectivity index is 0.000000360. The fraction of sp³-hybridized carbons (Fsp3) is 0.143. The quantitative estimate of drug-likeness (QED) is 0.337. The summed E-state index contributed by atoms with van der Waals surface area (Å²) in [5.41, 5.74) is 6.41. The van der Waals surface area contributed by atoms with E-state index in [9.17, 15) is 25.2 Å². The van der Waals surface area contributed by atoms with Gasteiger partial charge in [0.25, 0.3) is 0 Å². The second-order valence-corrected chi connectivity index (χ2v) is 4.91. The first-order valence-corrected chi connectivity index (χ1v) is 6.11. The molecule has 0 amide bonds. The first kappa shape index (κ1) is 16.2. The van der Waals surface area contributed by atoms with E-state index in [-0.39, 0.29) is 0 Å². The summed E-state index contributed by atoms with van der Waals surface area (Å²) in [7, 11) is -9.17. The van der Waals surface area contributed by atoms with Crippen molar-refractivity contribution in [2.45, 2.75) is 0 Å². The van der Waals surface area contributed by atoms with E-state index >= 15 is 0 Å². The predicted octanol–water partition coefficient (Wildman–Crippen LogP) is 5.14. The van der Waals surface area contributed by atoms with Gasteiger partial charge in [-0.2, -0.15) is 0 Å². The molecule has 0 aliphatic heterocycles. The molecule has 11 heteroatoms. The Morgan fingerprint density at radius 2 is 1.61 bits per heavy atom. The van der Waals surface area contributed by atoms with Crippen LogP contribution in [0.5, 0.6) is 5.75 Å². The van der Waals surface area contributed by atoms with E-state index in [1.54, 1.807) is 18.2 Å². The van der Waals surface area contributed by atoms with Crippen molar-refractivity contribution in [2.24, 2.45) is 0 Å². The van der Waals surface area contributed by atoms with E-state index in [1.807, 2.05) is 0 Å². The topological polar surface area (TPSA) is 63.4 Å². The van der Waals surface area contributed by atoms with Crippen molar-refractivity contribution in [3.05, 3.63) is 23.2 Å². The van der Waals surface area contributed by atoms with Crippen molar-refractivity contribution in [3.63, 3.8) is 0 Å². The van der Waals surface area contributed by atoms with Gasteiger partial charge in [-0.05, 0) is 6.07 Å². The third kappa shape index (κ3) is 10.8. The van der Waals surface area contributed by atoms with Crippen LogP contribution in [0.25, 0.3) is 4.98 Å². The Morgan fingerprint density at radius 3 is 1.94 bits per heavy atom. The molecule has 0 heterocycles. The zero-order chi connectivity index (χ0) is 14.7. The van der Waals surface area contributed by atoms with Crippen LogP contribution in [-0.2, 0) is 0 Å². The summed E-state index contributed by atoms with van der Waals surface area (Å²) >= 11 is 0. The number of halogens is 6. The van der Waals surface area contributed by atoms with Gasteiger partial charge in [0.05, 0.1) is 7.11 Å². The Bertz CT molecular complexity index is 468. The van der Waals surface area contributed by atoms with E-state index in [0.717, 1.165) is 0 Å². The molecule has 0 atom stereocenters. The molecular formula is C7H8F6N3OP. The molecule has 0 aromatic heterocycles. The van der Waals surface area contributed by atoms with Crippen molar-refractivity contribution in [3.8, 4) is 5.75 Å². The van der Waals surface area contributed by atoms with Crippen LogP contribution in [0.3, 0.4) is 0 Å². The van der Waals surface area contributed by atoms with Gasteiger partial charge in [0, 0.05) is 17.8 Å². The molecule has 1 aromatic rings. The van der Waals surface area contributed by atoms with Crippen molar-refractivity contribution >= 4 is 19.2 Å². The molecule has 0 saturated heterocycles. The molecule has 104 valence electrons. The Morgan fingerprint density at radius 1 is 1.17 bits per heavy atom. The van der Waals surface area contributed by atoms with Gasteiger partial charge in [-0.3, -0.25) is 0 Å². The van der Waals surface area contributed by atoms with E-state index in [2.05, 4.69) is 4.98 Å². The second kappa shape index (κ2) is 4.17. The van der Waals surface area contributed by atoms with Gasteiger partial charge < -0.3 is 10.5 Å². The molecule has 1 aromatic carbocycles. The molecular weight excluding hydrogens is 287 g/mol. The summed E-state index contributed by atoms with van der Waals surface area (Å²) in [5, 5.41) is 8.44. The minimum absolute atomic E-state index is 0.377. The summed E-state index contributed by atoms with van der Waals surface area (Å²) in [6.45, 7) is 0. The van der Waals surface area contributed by atoms with E-state index in [0.29, 0.717) is 17.1 Å². The number of hydrogen-bond donors (Lipinski definition) is 1. The first-order chi connectivity index (χ1) is 7.72. The standard InChI is InChI=1S/C7H8N3O.F6P/c1-11-7-4-5(8)2-3-6(7)10-9;1-7(2,3,4,5)6/h2-4H,8H2,1H3;/q+1;-1. The Hall–Kier alpha value is -1.75. The van der Waals surface area contributed by atoms with Crippen LogP contribution in [-0.4, -0.2) is 7.11 Å². The summed E-state index contributed by atoms with van der Waals surface area (Å²) < 4.78 is 64.1. The Kier molecular flexibility index (Phi) is 3.76. The number of hydrogen-bond acceptors (Lipinski definition) is 3. The van der Waals surface area contributed by atoms with Crippen LogP contribution in [0.4, 0.5) is 36.6 Å². The number of rotatable bonds is 1. The van der Waals surface area contributed by atoms with E-state index < -0.39 is 7.81 Å². The first-order valence-electron chi connectivity index (χ1n) is 4.08. The summed E-state index contributed by atoms with van der Waals surface area (Å²) in [6.07, 6.45) is 0. The normalized spacial score (nSPS) is 14.3. The van der Waals surface area contributed by atoms with Crippen LogP contribution in [0, 0.1) is 5.39 Å². The van der Waals surface area contributed by atoms with Gasteiger partial charge in [-0.1, -0.05) is 0 Å². The van der Waals surface area contributed by atoms with Gasteiger partial charge in [0.1, 0.15) is 0 Å². The van der Waals surface area contributed by atoms with Crippen molar-refractivity contribution < 1.29 is 29.9 Å². The molecule has 2 N–H and O–H groups in total. The fourth-order valence-corrected chi connectivity index (χ4v) is 0.777. The van der Waals surface area contributed by atoms with Crippen molar-refractivity contribution in [2.75, 3.05) is 12.8 Å². The zero-order valence-corrected chi connectivity index (χ0v) is 9.72. The maximum absolute atomic E-state index is 10.7. The number of nitrogens with two attached hydrogens (primary N) is 1. The van der Waals surface area contributed by atoms with Gasteiger partial charge in [-0.25, -0.2) is 0 Å². The van der Waals surface area contributed by atoms with Crippen molar-refractivity contribution in [1.82, 2.24) is 0 Å². The summed E-state index contributed by atoms with van der Waals surface area (Å²) in [5.74, 6) is 0.465. The van der Waals surface area contributed by atoms with Crippen LogP contribution >= 0.6 is 7.81 Å².